The molecule has 142 valence electrons. The number of nitrogens with one attached hydrogen (secondary N) is 1. The first-order valence-electron chi connectivity index (χ1n) is 8.82. The summed E-state index contributed by atoms with van der Waals surface area (Å²) in [7, 11) is 1.54. The third-order valence-corrected chi connectivity index (χ3v) is 5.14. The number of nitrogens with zero attached hydrogens (tertiary/aromatic N) is 1. The number of hydrogen-bond acceptors (Lipinski definition) is 3. The molecule has 2 amide bonds. The van der Waals surface area contributed by atoms with Crippen molar-refractivity contribution in [2.24, 2.45) is 5.92 Å². The number of halogens is 1. The molecule has 1 heterocycles. The van der Waals surface area contributed by atoms with Crippen LogP contribution in [0.2, 0.25) is 5.02 Å². The summed E-state index contributed by atoms with van der Waals surface area (Å²) in [4.78, 5) is 26.9. The monoisotopic (exact) mass is 386 g/mol. The van der Waals surface area contributed by atoms with E-state index in [-0.39, 0.29) is 18.2 Å². The summed E-state index contributed by atoms with van der Waals surface area (Å²) < 4.78 is 5.38. The fourth-order valence-electron chi connectivity index (χ4n) is 3.43. The highest BCUT2D eigenvalue weighted by atomic mass is 35.5. The number of carbonyl (C=O) groups excluding carboxylic acids is 2. The van der Waals surface area contributed by atoms with Crippen molar-refractivity contribution in [2.75, 3.05) is 23.9 Å². The maximum absolute atomic E-state index is 12.7. The standard InChI is InChI=1S/C21H23ClN2O3/c1-12-5-13(2)7-16(6-12)23-21(26)15-9-20(25)24(11-15)18-8-14(3)17(22)10-19(18)27-4/h5-8,10,15H,9,11H2,1-4H3,(H,23,26). The minimum atomic E-state index is -0.418. The number of anilines is 2. The molecule has 2 aromatic carbocycles. The Bertz CT molecular complexity index is 890. The van der Waals surface area contributed by atoms with Gasteiger partial charge in [-0.3, -0.25) is 9.59 Å². The second-order valence-electron chi connectivity index (χ2n) is 7.04. The summed E-state index contributed by atoms with van der Waals surface area (Å²) >= 11 is 6.15. The number of rotatable bonds is 4. The summed E-state index contributed by atoms with van der Waals surface area (Å²) in [6.07, 6.45) is 0.168. The van der Waals surface area contributed by atoms with Crippen LogP contribution in [0.15, 0.2) is 30.3 Å². The van der Waals surface area contributed by atoms with E-state index in [1.807, 2.05) is 45.0 Å². The van der Waals surface area contributed by atoms with Crippen LogP contribution in [0, 0.1) is 26.7 Å². The molecule has 27 heavy (non-hydrogen) atoms. The molecule has 5 nitrogen and oxygen atoms in total. The molecule has 0 radical (unpaired) electrons. The van der Waals surface area contributed by atoms with Crippen LogP contribution in [-0.4, -0.2) is 25.5 Å². The number of ether oxygens (including phenoxy) is 1. The number of methoxy groups -OCH3 is 1. The fourth-order valence-corrected chi connectivity index (χ4v) is 3.58. The largest absolute Gasteiger partial charge is 0.495 e. The second kappa shape index (κ2) is 7.61. The lowest BCUT2D eigenvalue weighted by atomic mass is 10.1. The summed E-state index contributed by atoms with van der Waals surface area (Å²) in [6.45, 7) is 6.15. The highest BCUT2D eigenvalue weighted by molar-refractivity contribution is 6.31. The zero-order chi connectivity index (χ0) is 19.7. The lowest BCUT2D eigenvalue weighted by molar-refractivity contribution is -0.122. The number of amides is 2. The first-order valence-corrected chi connectivity index (χ1v) is 9.20. The minimum absolute atomic E-state index is 0.101. The number of hydrogen-bond donors (Lipinski definition) is 1. The molecule has 1 N–H and O–H groups in total. The zero-order valence-electron chi connectivity index (χ0n) is 15.9. The van der Waals surface area contributed by atoms with Crippen LogP contribution in [0.5, 0.6) is 5.75 Å². The van der Waals surface area contributed by atoms with Gasteiger partial charge in [0.15, 0.2) is 0 Å². The molecule has 3 rings (SSSR count). The van der Waals surface area contributed by atoms with E-state index in [0.717, 1.165) is 22.4 Å². The SMILES string of the molecule is COc1cc(Cl)c(C)cc1N1CC(C(=O)Nc2cc(C)cc(C)c2)CC1=O. The first-order chi connectivity index (χ1) is 12.8. The van der Waals surface area contributed by atoms with E-state index in [1.54, 1.807) is 11.0 Å². The van der Waals surface area contributed by atoms with Crippen molar-refractivity contribution in [1.82, 2.24) is 0 Å². The van der Waals surface area contributed by atoms with E-state index in [1.165, 1.54) is 7.11 Å². The number of aryl methyl sites for hydroxylation is 3. The molecule has 0 spiro atoms. The molecule has 1 aliphatic rings. The van der Waals surface area contributed by atoms with Crippen molar-refractivity contribution in [1.29, 1.82) is 0 Å². The van der Waals surface area contributed by atoms with Crippen molar-refractivity contribution < 1.29 is 14.3 Å². The van der Waals surface area contributed by atoms with Crippen LogP contribution < -0.4 is 15.0 Å². The van der Waals surface area contributed by atoms with Gasteiger partial charge in [0, 0.05) is 29.7 Å². The van der Waals surface area contributed by atoms with Gasteiger partial charge in [-0.05, 0) is 55.7 Å². The van der Waals surface area contributed by atoms with Gasteiger partial charge in [-0.1, -0.05) is 17.7 Å². The van der Waals surface area contributed by atoms with Crippen molar-refractivity contribution in [2.45, 2.75) is 27.2 Å². The van der Waals surface area contributed by atoms with Gasteiger partial charge in [-0.2, -0.15) is 0 Å². The molecule has 1 atom stereocenters. The summed E-state index contributed by atoms with van der Waals surface area (Å²) in [5.41, 5.74) is 4.41. The van der Waals surface area contributed by atoms with Crippen LogP contribution >= 0.6 is 11.6 Å². The van der Waals surface area contributed by atoms with E-state index in [0.29, 0.717) is 23.0 Å². The maximum atomic E-state index is 12.7. The molecule has 1 saturated heterocycles. The van der Waals surface area contributed by atoms with Crippen molar-refractivity contribution in [3.63, 3.8) is 0 Å². The zero-order valence-corrected chi connectivity index (χ0v) is 16.7. The van der Waals surface area contributed by atoms with Gasteiger partial charge in [0.1, 0.15) is 5.75 Å². The first kappa shape index (κ1) is 19.2. The Balaban J connectivity index is 1.79. The second-order valence-corrected chi connectivity index (χ2v) is 7.45. The average molecular weight is 387 g/mol. The predicted molar refractivity (Wildman–Crippen MR) is 108 cm³/mol. The fraction of sp³-hybridized carbons (Fsp3) is 0.333. The smallest absolute Gasteiger partial charge is 0.229 e. The van der Waals surface area contributed by atoms with Crippen LogP contribution in [-0.2, 0) is 9.59 Å². The van der Waals surface area contributed by atoms with Gasteiger partial charge in [0.2, 0.25) is 11.8 Å². The lowest BCUT2D eigenvalue weighted by Crippen LogP contribution is -2.28. The van der Waals surface area contributed by atoms with Crippen molar-refractivity contribution >= 4 is 34.8 Å². The Morgan fingerprint density at radius 1 is 1.15 bits per heavy atom. The van der Waals surface area contributed by atoms with E-state index in [4.69, 9.17) is 16.3 Å². The molecule has 0 aromatic heterocycles. The number of benzene rings is 2. The van der Waals surface area contributed by atoms with Crippen molar-refractivity contribution in [3.05, 3.63) is 52.0 Å². The molecule has 1 aliphatic heterocycles. The summed E-state index contributed by atoms with van der Waals surface area (Å²) in [5, 5.41) is 3.51. The summed E-state index contributed by atoms with van der Waals surface area (Å²) in [6, 6.07) is 9.41. The highest BCUT2D eigenvalue weighted by Gasteiger charge is 2.36. The molecule has 6 heteroatoms. The Kier molecular flexibility index (Phi) is 5.42. The summed E-state index contributed by atoms with van der Waals surface area (Å²) in [5.74, 6) is -0.149. The molecule has 1 unspecified atom stereocenters. The molecule has 1 fully saturated rings. The third-order valence-electron chi connectivity index (χ3n) is 4.74. The van der Waals surface area contributed by atoms with Crippen LogP contribution in [0.25, 0.3) is 0 Å². The van der Waals surface area contributed by atoms with E-state index in [9.17, 15) is 9.59 Å². The van der Waals surface area contributed by atoms with Crippen LogP contribution in [0.3, 0.4) is 0 Å². The van der Waals surface area contributed by atoms with E-state index >= 15 is 0 Å². The van der Waals surface area contributed by atoms with Crippen LogP contribution in [0.4, 0.5) is 11.4 Å². The van der Waals surface area contributed by atoms with Gasteiger partial charge in [0.05, 0.1) is 18.7 Å². The minimum Gasteiger partial charge on any atom is -0.495 e. The maximum Gasteiger partial charge on any atom is 0.229 e. The average Bonchev–Trinajstić information content (AvgIpc) is 2.97. The molecule has 0 bridgehead atoms. The topological polar surface area (TPSA) is 58.6 Å². The molecule has 0 saturated carbocycles. The van der Waals surface area contributed by atoms with Crippen LogP contribution in [0.1, 0.15) is 23.1 Å². The Hall–Kier alpha value is -2.53. The molecule has 0 aliphatic carbocycles. The normalized spacial score (nSPS) is 16.6. The van der Waals surface area contributed by atoms with Gasteiger partial charge in [0.25, 0.3) is 0 Å². The predicted octanol–water partition coefficient (Wildman–Crippen LogP) is 4.27. The van der Waals surface area contributed by atoms with E-state index < -0.39 is 5.92 Å². The lowest BCUT2D eigenvalue weighted by Gasteiger charge is -2.21. The molecule has 2 aromatic rings. The molecular formula is C21H23ClN2O3. The Morgan fingerprint density at radius 3 is 2.44 bits per heavy atom. The number of carbonyl (C=O) groups is 2. The van der Waals surface area contributed by atoms with E-state index in [2.05, 4.69) is 5.32 Å². The highest BCUT2D eigenvalue weighted by Crippen LogP contribution is 2.37. The molecular weight excluding hydrogens is 364 g/mol. The third kappa shape index (κ3) is 4.08. The Labute approximate surface area is 164 Å². The Morgan fingerprint density at radius 2 is 1.81 bits per heavy atom. The van der Waals surface area contributed by atoms with Gasteiger partial charge < -0.3 is 15.0 Å². The van der Waals surface area contributed by atoms with Gasteiger partial charge in [-0.15, -0.1) is 0 Å². The van der Waals surface area contributed by atoms with Crippen molar-refractivity contribution in [3.8, 4) is 5.75 Å². The quantitative estimate of drug-likeness (QED) is 0.853. The van der Waals surface area contributed by atoms with Gasteiger partial charge >= 0.3 is 0 Å². The van der Waals surface area contributed by atoms with Gasteiger partial charge in [-0.25, -0.2) is 0 Å².